The molecule has 0 amide bonds. The van der Waals surface area contributed by atoms with Gasteiger partial charge in [-0.3, -0.25) is 9.36 Å². The maximum Gasteiger partial charge on any atom is 0.390 e. The van der Waals surface area contributed by atoms with Gasteiger partial charge in [0.25, 0.3) is 0 Å². The molecule has 0 unspecified atom stereocenters. The summed E-state index contributed by atoms with van der Waals surface area (Å²) in [6.45, 7) is 4.65. The Kier molecular flexibility index (Phi) is 8.97. The highest BCUT2D eigenvalue weighted by atomic mass is 31.2. The monoisotopic (exact) mass is 548 g/mol. The van der Waals surface area contributed by atoms with Crippen LogP contribution in [0.15, 0.2) is 73.3 Å². The molecule has 39 heavy (non-hydrogen) atoms. The largest absolute Gasteiger partial charge is 0.481 e. The predicted molar refractivity (Wildman–Crippen MR) is 146 cm³/mol. The minimum atomic E-state index is -4.17. The summed E-state index contributed by atoms with van der Waals surface area (Å²) in [4.78, 5) is 38.5. The number of aromatic nitrogens is 4. The topological polar surface area (TPSA) is 128 Å². The van der Waals surface area contributed by atoms with Gasteiger partial charge in [0.05, 0.1) is 5.69 Å². The number of carboxylic acid groups (broad SMARTS) is 1. The average Bonchev–Trinajstić information content (AvgIpc) is 2.88. The van der Waals surface area contributed by atoms with Crippen LogP contribution in [0.1, 0.15) is 37.2 Å². The van der Waals surface area contributed by atoms with E-state index >= 15 is 0 Å². The van der Waals surface area contributed by atoms with E-state index < -0.39 is 13.6 Å². The van der Waals surface area contributed by atoms with Gasteiger partial charge in [-0.15, -0.1) is 0 Å². The number of hydrogen-bond acceptors (Lipinski definition) is 4. The van der Waals surface area contributed by atoms with Crippen LogP contribution in [0.2, 0.25) is 0 Å². The standard InChI is InChI=1S/C29H31N4O5P/c1-21-28(25-13-18-33(19-14-25)20-39(36,37)38)29(31-22(2)30-21)26-9-7-23(8-10-26)24-11-16-32(17-12-24)15-5-3-4-6-27(34)35/h7-14,16-19H,3-6,15,20H2,1-2H3,(H-2,34,35,36,37,38)/p+2. The lowest BCUT2D eigenvalue weighted by atomic mass is 9.97. The zero-order valence-electron chi connectivity index (χ0n) is 22.1. The molecule has 4 rings (SSSR count). The minimum absolute atomic E-state index is 0.222. The van der Waals surface area contributed by atoms with Crippen molar-refractivity contribution >= 4 is 13.6 Å². The van der Waals surface area contributed by atoms with Crippen LogP contribution in [0.25, 0.3) is 33.5 Å². The molecule has 0 atom stereocenters. The van der Waals surface area contributed by atoms with Crippen LogP contribution in [-0.2, 0) is 22.2 Å². The summed E-state index contributed by atoms with van der Waals surface area (Å²) in [5, 5.41) is 8.75. The number of nitrogens with zero attached hydrogens (tertiary/aromatic N) is 4. The van der Waals surface area contributed by atoms with E-state index in [0.717, 1.165) is 58.6 Å². The third kappa shape index (κ3) is 7.86. The molecule has 0 fully saturated rings. The van der Waals surface area contributed by atoms with Crippen LogP contribution < -0.4 is 9.13 Å². The highest BCUT2D eigenvalue weighted by Gasteiger charge is 2.21. The molecule has 0 aliphatic rings. The molecule has 3 N–H and O–H groups in total. The summed E-state index contributed by atoms with van der Waals surface area (Å²) in [7, 11) is -4.17. The first kappa shape index (κ1) is 28.2. The van der Waals surface area contributed by atoms with Gasteiger partial charge in [0.15, 0.2) is 24.8 Å². The number of carboxylic acids is 1. The molecular weight excluding hydrogens is 515 g/mol. The van der Waals surface area contributed by atoms with Crippen LogP contribution in [0.3, 0.4) is 0 Å². The Morgan fingerprint density at radius 3 is 1.95 bits per heavy atom. The lowest BCUT2D eigenvalue weighted by Gasteiger charge is -2.13. The lowest BCUT2D eigenvalue weighted by molar-refractivity contribution is -0.697. The van der Waals surface area contributed by atoms with Crippen LogP contribution in [0.4, 0.5) is 0 Å². The Balaban J connectivity index is 1.52. The van der Waals surface area contributed by atoms with Gasteiger partial charge in [-0.25, -0.2) is 14.5 Å². The number of hydrogen-bond donors (Lipinski definition) is 3. The fourth-order valence-electron chi connectivity index (χ4n) is 4.56. The number of carbonyl (C=O) groups is 1. The number of aliphatic carboxylic acids is 1. The highest BCUT2D eigenvalue weighted by Crippen LogP contribution is 2.35. The van der Waals surface area contributed by atoms with Gasteiger partial charge in [0.1, 0.15) is 12.4 Å². The van der Waals surface area contributed by atoms with Crippen LogP contribution in [0.5, 0.6) is 0 Å². The smallest absolute Gasteiger partial charge is 0.390 e. The maximum atomic E-state index is 11.4. The maximum absolute atomic E-state index is 11.4. The minimum Gasteiger partial charge on any atom is -0.481 e. The van der Waals surface area contributed by atoms with E-state index in [1.54, 1.807) is 12.4 Å². The number of benzene rings is 1. The Hall–Kier alpha value is -3.78. The van der Waals surface area contributed by atoms with Gasteiger partial charge in [-0.2, -0.15) is 4.57 Å². The first-order valence-corrected chi connectivity index (χ1v) is 14.6. The first-order chi connectivity index (χ1) is 18.6. The second-order valence-electron chi connectivity index (χ2n) is 9.59. The molecule has 3 aromatic heterocycles. The Morgan fingerprint density at radius 1 is 0.769 bits per heavy atom. The van der Waals surface area contributed by atoms with Gasteiger partial charge in [0.2, 0.25) is 6.29 Å². The number of aryl methyl sites for hydroxylation is 3. The molecular formula is C29H33N4O5P+2. The van der Waals surface area contributed by atoms with Gasteiger partial charge >= 0.3 is 13.6 Å². The summed E-state index contributed by atoms with van der Waals surface area (Å²) in [6, 6.07) is 16.0. The number of pyridine rings is 2. The van der Waals surface area contributed by atoms with E-state index in [1.807, 2.05) is 50.5 Å². The fourth-order valence-corrected chi connectivity index (χ4v) is 5.18. The average molecular weight is 549 g/mol. The molecule has 0 radical (unpaired) electrons. The van der Waals surface area contributed by atoms with Crippen molar-refractivity contribution in [1.82, 2.24) is 9.97 Å². The summed E-state index contributed by atoms with van der Waals surface area (Å²) >= 11 is 0. The lowest BCUT2D eigenvalue weighted by Crippen LogP contribution is -2.32. The third-order valence-corrected chi connectivity index (χ3v) is 7.11. The van der Waals surface area contributed by atoms with E-state index in [-0.39, 0.29) is 12.7 Å². The Labute approximate surface area is 227 Å². The van der Waals surface area contributed by atoms with Crippen molar-refractivity contribution in [1.29, 1.82) is 0 Å². The van der Waals surface area contributed by atoms with Crippen molar-refractivity contribution in [3.05, 3.63) is 84.8 Å². The molecule has 0 aliphatic heterocycles. The quantitative estimate of drug-likeness (QED) is 0.144. The van der Waals surface area contributed by atoms with Crippen LogP contribution in [-0.4, -0.2) is 30.8 Å². The fraction of sp³-hybridized carbons (Fsp3) is 0.276. The zero-order valence-corrected chi connectivity index (χ0v) is 23.0. The molecule has 1 aromatic carbocycles. The number of unbranched alkanes of at least 4 members (excludes halogenated alkanes) is 2. The molecule has 0 aliphatic carbocycles. The molecule has 10 heteroatoms. The van der Waals surface area contributed by atoms with Crippen molar-refractivity contribution < 1.29 is 33.4 Å². The molecule has 202 valence electrons. The van der Waals surface area contributed by atoms with Crippen molar-refractivity contribution in [3.8, 4) is 33.5 Å². The highest BCUT2D eigenvalue weighted by molar-refractivity contribution is 7.50. The first-order valence-electron chi connectivity index (χ1n) is 12.8. The molecule has 4 aromatic rings. The molecule has 0 saturated carbocycles. The summed E-state index contributed by atoms with van der Waals surface area (Å²) in [5.41, 5.74) is 6.48. The number of rotatable bonds is 11. The third-order valence-electron chi connectivity index (χ3n) is 6.42. The van der Waals surface area contributed by atoms with Crippen LogP contribution in [0, 0.1) is 13.8 Å². The van der Waals surface area contributed by atoms with Gasteiger partial charge in [-0.05, 0) is 43.4 Å². The normalized spacial score (nSPS) is 11.5. The Bertz CT molecular complexity index is 1480. The van der Waals surface area contributed by atoms with Gasteiger partial charge < -0.3 is 14.9 Å². The second-order valence-corrected chi connectivity index (χ2v) is 11.2. The second kappa shape index (κ2) is 12.4. The Morgan fingerprint density at radius 2 is 1.33 bits per heavy atom. The molecule has 0 saturated heterocycles. The van der Waals surface area contributed by atoms with E-state index in [4.69, 9.17) is 10.1 Å². The van der Waals surface area contributed by atoms with E-state index in [2.05, 4.69) is 33.8 Å². The molecule has 3 heterocycles. The van der Waals surface area contributed by atoms with Crippen molar-refractivity contribution in [3.63, 3.8) is 0 Å². The van der Waals surface area contributed by atoms with Crippen molar-refractivity contribution in [2.75, 3.05) is 0 Å². The summed E-state index contributed by atoms with van der Waals surface area (Å²) in [5.74, 6) is -0.0774. The van der Waals surface area contributed by atoms with Crippen molar-refractivity contribution in [2.45, 2.75) is 52.4 Å². The summed E-state index contributed by atoms with van der Waals surface area (Å²) < 4.78 is 14.9. The van der Waals surface area contributed by atoms with E-state index in [9.17, 15) is 19.1 Å². The van der Waals surface area contributed by atoms with Crippen LogP contribution >= 0.6 is 7.60 Å². The van der Waals surface area contributed by atoms with E-state index in [0.29, 0.717) is 12.2 Å². The van der Waals surface area contributed by atoms with Crippen molar-refractivity contribution in [2.24, 2.45) is 0 Å². The van der Waals surface area contributed by atoms with Gasteiger partial charge in [0, 0.05) is 53.9 Å². The van der Waals surface area contributed by atoms with Gasteiger partial charge in [-0.1, -0.05) is 24.3 Å². The molecule has 0 spiro atoms. The zero-order chi connectivity index (χ0) is 28.0. The predicted octanol–water partition coefficient (Wildman–Crippen LogP) is 4.45. The molecule has 0 bridgehead atoms. The summed E-state index contributed by atoms with van der Waals surface area (Å²) in [6.07, 6.45) is 9.77. The SMILES string of the molecule is Cc1nc(C)c(-c2cc[n+](CP(=O)(O)O)cc2)c(-c2ccc(-c3cc[n+](CCCCCC(=O)O)cc3)cc2)n1. The molecule has 9 nitrogen and oxygen atoms in total. The van der Waals surface area contributed by atoms with E-state index in [1.165, 1.54) is 4.57 Å².